The summed E-state index contributed by atoms with van der Waals surface area (Å²) >= 11 is -26.0. The molecule has 4 atom stereocenters. The van der Waals surface area contributed by atoms with E-state index in [1.807, 2.05) is 5.79 Å². The molecule has 4 saturated heterocycles. The summed E-state index contributed by atoms with van der Waals surface area (Å²) < 4.78 is 146. The van der Waals surface area contributed by atoms with Crippen molar-refractivity contribution in [2.24, 2.45) is 0 Å². The summed E-state index contributed by atoms with van der Waals surface area (Å²) in [6.45, 7) is 9.08. The minimum atomic E-state index is -3.96. The van der Waals surface area contributed by atoms with Gasteiger partial charge in [0.15, 0.2) is 0 Å². The Morgan fingerprint density at radius 2 is 0.472 bits per heavy atom. The fourth-order valence-corrected chi connectivity index (χ4v) is 61.9. The first-order valence-electron chi connectivity index (χ1n) is 47.6. The van der Waals surface area contributed by atoms with E-state index in [0.717, 1.165) is 77.0 Å². The van der Waals surface area contributed by atoms with E-state index in [1.165, 1.54) is 310 Å². The highest BCUT2D eigenvalue weighted by molar-refractivity contribution is 7.74. The number of rotatable bonds is 83. The van der Waals surface area contributed by atoms with Crippen LogP contribution in [0.25, 0.3) is 1.43 Å². The molecular formula is C72H168Al14O32SSi4. The monoisotopic (exact) mass is 2070 g/mol. The van der Waals surface area contributed by atoms with Gasteiger partial charge in [-0.15, -0.1) is 0 Å². The zero-order chi connectivity index (χ0) is 87.1. The highest BCUT2D eigenvalue weighted by atomic mass is 32.1. The first kappa shape index (κ1) is 132. The number of unbranched alkanes of at least 4 members (excludes halogenated alkanes) is 56. The van der Waals surface area contributed by atoms with Gasteiger partial charge in [-0.25, -0.2) is 0 Å². The minimum Gasteiger partial charge on any atom is -0.627 e. The van der Waals surface area contributed by atoms with Crippen LogP contribution in [0.2, 0.25) is 30.0 Å². The van der Waals surface area contributed by atoms with Gasteiger partial charge in [-0.1, -0.05) is 393 Å². The van der Waals surface area contributed by atoms with Crippen LogP contribution in [-0.4, -0.2) is 318 Å². The topological polar surface area (TPSA) is 439 Å². The second-order valence-electron chi connectivity index (χ2n) is 32.1. The molecule has 4 aliphatic rings. The lowest BCUT2D eigenvalue weighted by Crippen LogP contribution is -2.65. The summed E-state index contributed by atoms with van der Waals surface area (Å²) in [7, 11) is -10.8. The first-order chi connectivity index (χ1) is 58.6. The van der Waals surface area contributed by atoms with Gasteiger partial charge >= 0.3 is 251 Å². The van der Waals surface area contributed by atoms with Gasteiger partial charge in [0.1, 0.15) is 0 Å². The van der Waals surface area contributed by atoms with Gasteiger partial charge in [0.25, 0.3) is 0 Å². The molecule has 4 fully saturated rings. The van der Waals surface area contributed by atoms with E-state index in [-0.39, 0.29) is 97.2 Å². The van der Waals surface area contributed by atoms with Gasteiger partial charge in [0.2, 0.25) is 1.43 Å². The van der Waals surface area contributed by atoms with Crippen LogP contribution in [0.1, 0.15) is 413 Å². The highest BCUT2D eigenvalue weighted by Crippen LogP contribution is 2.32. The van der Waals surface area contributed by atoms with Crippen molar-refractivity contribution in [3.05, 3.63) is 0 Å². The maximum Gasteiger partial charge on any atom is 0.869 e. The van der Waals surface area contributed by atoms with Crippen LogP contribution in [0, 0.1) is 0 Å². The third-order valence-electron chi connectivity index (χ3n) is 21.4. The van der Waals surface area contributed by atoms with Crippen molar-refractivity contribution in [3.8, 4) is 0 Å². The molecule has 0 spiro atoms. The molecule has 0 saturated carbocycles. The van der Waals surface area contributed by atoms with Crippen LogP contribution in [-0.2, 0) is 73.3 Å². The van der Waals surface area contributed by atoms with Crippen LogP contribution in [0.5, 0.6) is 0 Å². The summed E-state index contributed by atoms with van der Waals surface area (Å²) in [5.74, 6) is 2.02. The van der Waals surface area contributed by atoms with Crippen molar-refractivity contribution in [2.45, 2.75) is 443 Å². The second-order valence-corrected chi connectivity index (χ2v) is 69.0. The molecular weight excluding hydrogens is 1900 g/mol. The second kappa shape index (κ2) is 96.9. The van der Waals surface area contributed by atoms with E-state index in [0.29, 0.717) is 24.9 Å². The van der Waals surface area contributed by atoms with Crippen LogP contribution < -0.4 is 0 Å². The van der Waals surface area contributed by atoms with Gasteiger partial charge in [-0.05, 0) is 38.6 Å². The number of thiol groups is 1. The Balaban J connectivity index is -0.00000702. The van der Waals surface area contributed by atoms with Crippen molar-refractivity contribution in [2.75, 3.05) is 21.3 Å². The van der Waals surface area contributed by atoms with Gasteiger partial charge in [-0.2, -0.15) is 0 Å². The lowest BCUT2D eigenvalue weighted by Gasteiger charge is -2.39. The van der Waals surface area contributed by atoms with E-state index in [4.69, 9.17) is 74.7 Å². The molecule has 4 heterocycles. The Morgan fingerprint density at radius 1 is 0.285 bits per heavy atom. The molecule has 0 unspecified atom stereocenters. The highest BCUT2D eigenvalue weighted by Gasteiger charge is 2.66. The summed E-state index contributed by atoms with van der Waals surface area (Å²) in [5, 5.41) is 0. The quantitative estimate of drug-likeness (QED) is 0.0142. The first-order valence-corrected chi connectivity index (χ1v) is 73.5. The lowest BCUT2D eigenvalue weighted by atomic mass is 10.0. The smallest absolute Gasteiger partial charge is 0.627 e. The lowest BCUT2D eigenvalue weighted by molar-refractivity contribution is 0.0730. The van der Waals surface area contributed by atoms with E-state index in [1.54, 1.807) is 7.11 Å². The Morgan fingerprint density at radius 3 is 0.675 bits per heavy atom. The molecule has 0 amide bonds. The van der Waals surface area contributed by atoms with Crippen molar-refractivity contribution in [1.82, 2.24) is 0 Å². The molecule has 4 aliphatic heterocycles. The minimum absolute atomic E-state index is 0. The van der Waals surface area contributed by atoms with Crippen molar-refractivity contribution in [1.29, 1.82) is 1.43 Å². The SMILES string of the molecule is CCCCCCCCCCCCCCCCC[Si@@]1(O)[O][Al]([O]C)[O][Al]([O][Al]2[O][Al]([O][AlH][O][Al]3[O][Al]([O][Al]4[O][Al]([O]C)[O][Si@@](O)(CCCCCCCCCCCCCCCCC)[O]4)[O][Si@@](O)(CCCCCCCCCCCCCCCCC)[O]3)[O][Si@@](O)(CCCCCCCCCCCCCCCCC)[O]2)[O]1.C[O][Al][O][Al][O][AlH][O][Al][O][Al][CH3].O.O.O.O.[3H]OS. The summed E-state index contributed by atoms with van der Waals surface area (Å²) in [6.07, 6.45) is 73.5. The van der Waals surface area contributed by atoms with Crippen molar-refractivity contribution in [3.63, 3.8) is 0 Å². The molecule has 4 radical (unpaired) electrons. The fraction of sp³-hybridized carbons (Fsp3) is 1.00. The van der Waals surface area contributed by atoms with E-state index < -0.39 is 188 Å². The molecule has 712 valence electrons. The van der Waals surface area contributed by atoms with Gasteiger partial charge in [0.05, 0.1) is 0 Å². The van der Waals surface area contributed by atoms with E-state index >= 15 is 0 Å². The molecule has 4 rings (SSSR count). The Labute approximate surface area is 839 Å². The van der Waals surface area contributed by atoms with Gasteiger partial charge in [-0.3, -0.25) is 0 Å². The zero-order valence-corrected chi connectivity index (χ0v) is 99.2. The summed E-state index contributed by atoms with van der Waals surface area (Å²) in [4.78, 5) is 48.4. The Kier molecular flexibility index (Phi) is 104. The largest absolute Gasteiger partial charge is 0.869 e. The van der Waals surface area contributed by atoms with Crippen molar-refractivity contribution >= 4 is 264 Å². The molecule has 0 bridgehead atoms. The zero-order valence-electron chi connectivity index (χ0n) is 78.6. The molecule has 0 aromatic carbocycles. The molecule has 0 aromatic heterocycles. The normalized spacial score (nSPS) is 19.1. The maximum absolute atomic E-state index is 12.3. The van der Waals surface area contributed by atoms with Crippen LogP contribution in [0.4, 0.5) is 0 Å². The molecule has 32 nitrogen and oxygen atoms in total. The molecule has 0 aliphatic carbocycles. The third kappa shape index (κ3) is 79.6. The van der Waals surface area contributed by atoms with E-state index in [9.17, 15) is 19.2 Å². The van der Waals surface area contributed by atoms with Crippen LogP contribution in [0.15, 0.2) is 0 Å². The molecule has 0 aromatic rings. The standard InChI is InChI=1S/4C17H36O3Si.3CH3O.CH3.14Al.H2OS.4H2O.12O.2H/c4*1-2-3-4-5-6-7-8-9-10-11-12-13-14-15-16-17-21(18,19)20;3*1-2;;;;;;;;;;;;;;;;1-2;;;;;;;;;;;;;;;;;;/h4*18H,2-17H2,1H3;3*1H3;1H3;;;;;;;;;;;;;;;1-2H;4*1H2;;;;;;;;;;;;;;/q4*-2;3*-1;;;;;;;7*+1;2*+2;;;;;;;;;;;;;;;;;;;/i/hT. The summed E-state index contributed by atoms with van der Waals surface area (Å²) in [6, 6.07) is 1.29. The maximum atomic E-state index is 12.3. The summed E-state index contributed by atoms with van der Waals surface area (Å²) in [5.41, 5.74) is 0. The third-order valence-corrected chi connectivity index (χ3v) is 62.8. The van der Waals surface area contributed by atoms with E-state index in [2.05, 4.69) is 45.2 Å². The fourth-order valence-electron chi connectivity index (χ4n) is 14.5. The van der Waals surface area contributed by atoms with Crippen LogP contribution in [0.3, 0.4) is 0 Å². The predicted molar refractivity (Wildman–Crippen MR) is 509 cm³/mol. The number of hydrogen-bond donors (Lipinski definition) is 6. The average molecular weight is 2070 g/mol. The predicted octanol–water partition coefficient (Wildman–Crippen LogP) is 14.3. The Bertz CT molecular complexity index is 2090. The van der Waals surface area contributed by atoms with Gasteiger partial charge in [0, 0.05) is 45.5 Å². The molecule has 13 N–H and O–H groups in total. The average Bonchev–Trinajstić information content (AvgIpc) is 0.805. The van der Waals surface area contributed by atoms with Crippen molar-refractivity contribution < 1.29 is 119 Å². The van der Waals surface area contributed by atoms with Crippen LogP contribution >= 0.6 is 12.9 Å². The number of hydrogen-bond acceptors (Lipinski definition) is 29. The molecule has 51 heteroatoms. The molecule has 123 heavy (non-hydrogen) atoms. The van der Waals surface area contributed by atoms with Gasteiger partial charge < -0.3 is 119 Å². The Hall–Kier alpha value is 7.39.